The molecule has 1 aromatic carbocycles. The standard InChI is InChI=1S/C19H26N2O/c1-3-11-19(12-7-14-20-2)13-8-15-21(16-19)18(22)17-9-5-4-6-10-17/h3-6,9-10,14H,1,7-8,11-13,15-16H2,2H3/b20-14-/t19-/m0/s1. The van der Waals surface area contributed by atoms with Crippen LogP contribution < -0.4 is 0 Å². The van der Waals surface area contributed by atoms with E-state index in [4.69, 9.17) is 0 Å². The van der Waals surface area contributed by atoms with Crippen LogP contribution in [0.1, 0.15) is 42.5 Å². The van der Waals surface area contributed by atoms with Gasteiger partial charge in [-0.15, -0.1) is 6.58 Å². The molecule has 0 radical (unpaired) electrons. The third-order valence-electron chi connectivity index (χ3n) is 4.53. The van der Waals surface area contributed by atoms with Crippen molar-refractivity contribution in [1.82, 2.24) is 4.90 Å². The van der Waals surface area contributed by atoms with E-state index in [1.807, 2.05) is 54.6 Å². The molecule has 1 aromatic rings. The first kappa shape index (κ1) is 16.5. The Kier molecular flexibility index (Phi) is 5.93. The van der Waals surface area contributed by atoms with Crippen molar-refractivity contribution in [3.05, 3.63) is 48.6 Å². The van der Waals surface area contributed by atoms with Gasteiger partial charge in [-0.1, -0.05) is 24.3 Å². The number of carbonyl (C=O) groups is 1. The summed E-state index contributed by atoms with van der Waals surface area (Å²) in [5.41, 5.74) is 0.943. The molecule has 1 heterocycles. The Bertz CT molecular complexity index is 523. The monoisotopic (exact) mass is 298 g/mol. The maximum absolute atomic E-state index is 12.7. The molecule has 118 valence electrons. The van der Waals surface area contributed by atoms with Gasteiger partial charge in [0.1, 0.15) is 0 Å². The van der Waals surface area contributed by atoms with Crippen molar-refractivity contribution in [1.29, 1.82) is 0 Å². The number of allylic oxidation sites excluding steroid dienone is 1. The van der Waals surface area contributed by atoms with Crippen molar-refractivity contribution < 1.29 is 4.79 Å². The van der Waals surface area contributed by atoms with Crippen molar-refractivity contribution in [2.75, 3.05) is 20.1 Å². The van der Waals surface area contributed by atoms with Gasteiger partial charge in [-0.2, -0.15) is 0 Å². The maximum atomic E-state index is 12.7. The van der Waals surface area contributed by atoms with Crippen LogP contribution in [0.5, 0.6) is 0 Å². The number of hydrogen-bond acceptors (Lipinski definition) is 2. The van der Waals surface area contributed by atoms with E-state index in [9.17, 15) is 4.79 Å². The second-order valence-corrected chi connectivity index (χ2v) is 6.17. The van der Waals surface area contributed by atoms with E-state index in [1.54, 1.807) is 0 Å². The normalized spacial score (nSPS) is 22.0. The van der Waals surface area contributed by atoms with Crippen LogP contribution >= 0.6 is 0 Å². The van der Waals surface area contributed by atoms with Gasteiger partial charge in [-0.3, -0.25) is 4.79 Å². The SMILES string of the molecule is C=CC[C@]1(CC/C=N\C)CCCN(C(=O)c2ccccc2)C1. The zero-order chi connectivity index (χ0) is 15.8. The van der Waals surface area contributed by atoms with Gasteiger partial charge in [0.2, 0.25) is 0 Å². The summed E-state index contributed by atoms with van der Waals surface area (Å²) < 4.78 is 0. The first-order valence-electron chi connectivity index (χ1n) is 8.07. The van der Waals surface area contributed by atoms with E-state index in [1.165, 1.54) is 0 Å². The maximum Gasteiger partial charge on any atom is 0.253 e. The zero-order valence-electron chi connectivity index (χ0n) is 13.5. The lowest BCUT2D eigenvalue weighted by Crippen LogP contribution is -2.46. The minimum Gasteiger partial charge on any atom is -0.338 e. The lowest BCUT2D eigenvalue weighted by atomic mass is 9.73. The summed E-state index contributed by atoms with van der Waals surface area (Å²) in [6.45, 7) is 5.60. The Morgan fingerprint density at radius 1 is 1.41 bits per heavy atom. The molecule has 0 unspecified atom stereocenters. The molecule has 2 rings (SSSR count). The first-order valence-corrected chi connectivity index (χ1v) is 8.07. The highest BCUT2D eigenvalue weighted by molar-refractivity contribution is 5.94. The number of likely N-dealkylation sites (tertiary alicyclic amines) is 1. The van der Waals surface area contributed by atoms with E-state index in [0.29, 0.717) is 0 Å². The Hall–Kier alpha value is -1.90. The molecule has 0 saturated carbocycles. The Morgan fingerprint density at radius 3 is 2.86 bits per heavy atom. The van der Waals surface area contributed by atoms with Crippen LogP contribution in [0.25, 0.3) is 0 Å². The van der Waals surface area contributed by atoms with E-state index < -0.39 is 0 Å². The quantitative estimate of drug-likeness (QED) is 0.578. The van der Waals surface area contributed by atoms with Crippen LogP contribution in [0.4, 0.5) is 0 Å². The zero-order valence-corrected chi connectivity index (χ0v) is 13.5. The van der Waals surface area contributed by atoms with Gasteiger partial charge in [-0.25, -0.2) is 0 Å². The van der Waals surface area contributed by atoms with Crippen LogP contribution in [-0.4, -0.2) is 37.2 Å². The number of amides is 1. The lowest BCUT2D eigenvalue weighted by molar-refractivity contribution is 0.0499. The minimum atomic E-state index is 0.151. The Morgan fingerprint density at radius 2 is 2.18 bits per heavy atom. The number of hydrogen-bond donors (Lipinski definition) is 0. The molecule has 1 atom stereocenters. The van der Waals surface area contributed by atoms with Gasteiger partial charge in [0.25, 0.3) is 5.91 Å². The highest BCUT2D eigenvalue weighted by Gasteiger charge is 2.35. The predicted octanol–water partition coefficient (Wildman–Crippen LogP) is 3.97. The van der Waals surface area contributed by atoms with Crippen molar-refractivity contribution in [3.63, 3.8) is 0 Å². The molecule has 1 saturated heterocycles. The molecule has 22 heavy (non-hydrogen) atoms. The van der Waals surface area contributed by atoms with Crippen LogP contribution in [0, 0.1) is 5.41 Å². The lowest BCUT2D eigenvalue weighted by Gasteiger charge is -2.42. The fourth-order valence-corrected chi connectivity index (χ4v) is 3.42. The molecule has 1 fully saturated rings. The molecule has 0 N–H and O–H groups in total. The summed E-state index contributed by atoms with van der Waals surface area (Å²) in [5.74, 6) is 0.151. The second kappa shape index (κ2) is 7.92. The number of piperidine rings is 1. The third kappa shape index (κ3) is 4.06. The molecule has 0 aromatic heterocycles. The van der Waals surface area contributed by atoms with E-state index >= 15 is 0 Å². The van der Waals surface area contributed by atoms with Gasteiger partial charge in [-0.05, 0) is 55.9 Å². The number of carbonyl (C=O) groups excluding carboxylic acids is 1. The summed E-state index contributed by atoms with van der Waals surface area (Å²) in [4.78, 5) is 18.8. The van der Waals surface area contributed by atoms with Gasteiger partial charge in [0.05, 0.1) is 0 Å². The van der Waals surface area contributed by atoms with Crippen LogP contribution in [0.2, 0.25) is 0 Å². The molecule has 1 aliphatic heterocycles. The summed E-state index contributed by atoms with van der Waals surface area (Å²) in [6, 6.07) is 9.59. The molecule has 1 amide bonds. The Labute approximate surface area is 133 Å². The fraction of sp³-hybridized carbons (Fsp3) is 0.474. The van der Waals surface area contributed by atoms with Crippen molar-refractivity contribution in [2.45, 2.75) is 32.1 Å². The molecule has 3 nitrogen and oxygen atoms in total. The van der Waals surface area contributed by atoms with Gasteiger partial charge >= 0.3 is 0 Å². The minimum absolute atomic E-state index is 0.151. The predicted molar refractivity (Wildman–Crippen MR) is 92.5 cm³/mol. The molecule has 3 heteroatoms. The van der Waals surface area contributed by atoms with E-state index in [2.05, 4.69) is 11.6 Å². The summed E-state index contributed by atoms with van der Waals surface area (Å²) in [7, 11) is 1.81. The fourth-order valence-electron chi connectivity index (χ4n) is 3.42. The molecule has 0 aliphatic carbocycles. The van der Waals surface area contributed by atoms with E-state index in [-0.39, 0.29) is 11.3 Å². The number of benzene rings is 1. The van der Waals surface area contributed by atoms with E-state index in [0.717, 1.165) is 50.8 Å². The van der Waals surface area contributed by atoms with Crippen molar-refractivity contribution in [3.8, 4) is 0 Å². The number of nitrogens with zero attached hydrogens (tertiary/aromatic N) is 2. The van der Waals surface area contributed by atoms with Crippen LogP contribution in [0.3, 0.4) is 0 Å². The van der Waals surface area contributed by atoms with Gasteiger partial charge < -0.3 is 9.89 Å². The highest BCUT2D eigenvalue weighted by atomic mass is 16.2. The highest BCUT2D eigenvalue weighted by Crippen LogP contribution is 2.38. The topological polar surface area (TPSA) is 32.7 Å². The van der Waals surface area contributed by atoms with Crippen molar-refractivity contribution in [2.24, 2.45) is 10.4 Å². The van der Waals surface area contributed by atoms with Gasteiger partial charge in [0.15, 0.2) is 0 Å². The van der Waals surface area contributed by atoms with Gasteiger partial charge in [0, 0.05) is 25.7 Å². The molecular weight excluding hydrogens is 272 g/mol. The average molecular weight is 298 g/mol. The summed E-state index contributed by atoms with van der Waals surface area (Å²) in [6.07, 6.45) is 9.20. The molecular formula is C19H26N2O. The van der Waals surface area contributed by atoms with Crippen LogP contribution in [-0.2, 0) is 0 Å². The van der Waals surface area contributed by atoms with Crippen molar-refractivity contribution >= 4 is 12.1 Å². The second-order valence-electron chi connectivity index (χ2n) is 6.17. The number of aliphatic imine (C=N–C) groups is 1. The first-order chi connectivity index (χ1) is 10.7. The average Bonchev–Trinajstić information content (AvgIpc) is 2.56. The largest absolute Gasteiger partial charge is 0.338 e. The number of rotatable bonds is 6. The molecule has 0 spiro atoms. The van der Waals surface area contributed by atoms with Crippen LogP contribution in [0.15, 0.2) is 48.0 Å². The Balaban J connectivity index is 2.10. The molecule has 1 aliphatic rings. The third-order valence-corrected chi connectivity index (χ3v) is 4.53. The molecule has 0 bridgehead atoms. The smallest absolute Gasteiger partial charge is 0.253 e. The summed E-state index contributed by atoms with van der Waals surface area (Å²) >= 11 is 0. The summed E-state index contributed by atoms with van der Waals surface area (Å²) in [5, 5.41) is 0.